The summed E-state index contributed by atoms with van der Waals surface area (Å²) in [6.45, 7) is 0. The summed E-state index contributed by atoms with van der Waals surface area (Å²) in [5.41, 5.74) is 3.69. The topological polar surface area (TPSA) is 75.6 Å². The van der Waals surface area contributed by atoms with Crippen LogP contribution in [0.2, 0.25) is 5.28 Å². The normalized spacial score (nSPS) is 11.2. The summed E-state index contributed by atoms with van der Waals surface area (Å²) in [4.78, 5) is 13.4. The molecule has 0 fully saturated rings. The average molecular weight is 433 g/mol. The van der Waals surface area contributed by atoms with E-state index in [2.05, 4.69) is 40.3 Å². The summed E-state index contributed by atoms with van der Waals surface area (Å²) in [7, 11) is 0. The number of fused-ring (bicyclic) bond motifs is 4. The second kappa shape index (κ2) is 7.16. The molecule has 6 heteroatoms. The van der Waals surface area contributed by atoms with E-state index in [1.54, 1.807) is 24.3 Å². The maximum Gasteiger partial charge on any atom is 0.226 e. The maximum atomic E-state index is 9.05. The maximum absolute atomic E-state index is 9.05. The van der Waals surface area contributed by atoms with Crippen LogP contribution in [0.3, 0.4) is 0 Å². The van der Waals surface area contributed by atoms with Crippen LogP contribution < -0.4 is 0 Å². The fourth-order valence-electron chi connectivity index (χ4n) is 3.99. The van der Waals surface area contributed by atoms with Crippen molar-refractivity contribution in [1.29, 1.82) is 5.26 Å². The summed E-state index contributed by atoms with van der Waals surface area (Å²) in [6, 6.07) is 27.3. The van der Waals surface area contributed by atoms with Crippen molar-refractivity contribution in [3.05, 3.63) is 89.7 Å². The Labute approximate surface area is 187 Å². The summed E-state index contributed by atoms with van der Waals surface area (Å²) in [6.07, 6.45) is 0. The Morgan fingerprint density at radius 2 is 1.50 bits per heavy atom. The second-order valence-electron chi connectivity index (χ2n) is 7.42. The molecule has 0 unspecified atom stereocenters. The molecule has 2 aromatic heterocycles. The van der Waals surface area contributed by atoms with Gasteiger partial charge in [-0.25, -0.2) is 4.98 Å². The van der Waals surface area contributed by atoms with Gasteiger partial charge in [0.2, 0.25) is 5.28 Å². The Hall–Kier alpha value is -4.27. The summed E-state index contributed by atoms with van der Waals surface area (Å²) >= 11 is 6.29. The van der Waals surface area contributed by atoms with Crippen molar-refractivity contribution in [3.8, 4) is 28.8 Å². The first-order chi connectivity index (χ1) is 15.7. The zero-order valence-electron chi connectivity index (χ0n) is 16.6. The fourth-order valence-corrected chi connectivity index (χ4v) is 4.15. The molecule has 0 aliphatic heterocycles. The van der Waals surface area contributed by atoms with E-state index in [4.69, 9.17) is 26.3 Å². The Kier molecular flexibility index (Phi) is 4.14. The van der Waals surface area contributed by atoms with E-state index in [9.17, 15) is 0 Å². The molecule has 0 N–H and O–H groups in total. The van der Waals surface area contributed by atoms with Crippen LogP contribution in [0.4, 0.5) is 0 Å². The van der Waals surface area contributed by atoms with Gasteiger partial charge >= 0.3 is 0 Å². The number of nitrogens with zero attached hydrogens (tertiary/aromatic N) is 4. The predicted octanol–water partition coefficient (Wildman–Crippen LogP) is 6.78. The zero-order chi connectivity index (χ0) is 21.7. The van der Waals surface area contributed by atoms with Gasteiger partial charge in [-0.05, 0) is 64.8 Å². The van der Waals surface area contributed by atoms with Crippen molar-refractivity contribution in [2.45, 2.75) is 0 Å². The van der Waals surface area contributed by atoms with Gasteiger partial charge < -0.3 is 4.42 Å². The van der Waals surface area contributed by atoms with E-state index in [-0.39, 0.29) is 5.28 Å². The molecule has 0 radical (unpaired) electrons. The molecule has 4 aromatic carbocycles. The smallest absolute Gasteiger partial charge is 0.226 e. The first-order valence-electron chi connectivity index (χ1n) is 9.96. The number of hydrogen-bond donors (Lipinski definition) is 0. The highest BCUT2D eigenvalue weighted by Crippen LogP contribution is 2.37. The Morgan fingerprint density at radius 1 is 0.750 bits per heavy atom. The van der Waals surface area contributed by atoms with Crippen LogP contribution in [0.15, 0.2) is 83.3 Å². The zero-order valence-corrected chi connectivity index (χ0v) is 17.3. The van der Waals surface area contributed by atoms with Crippen LogP contribution in [-0.2, 0) is 0 Å². The number of hydrogen-bond acceptors (Lipinski definition) is 5. The van der Waals surface area contributed by atoms with Crippen LogP contribution >= 0.6 is 11.6 Å². The van der Waals surface area contributed by atoms with Crippen LogP contribution in [-0.4, -0.2) is 15.0 Å². The number of aromatic nitrogens is 3. The van der Waals surface area contributed by atoms with Gasteiger partial charge in [-0.15, -0.1) is 0 Å². The van der Waals surface area contributed by atoms with Crippen molar-refractivity contribution >= 4 is 44.3 Å². The Bertz CT molecular complexity index is 1700. The van der Waals surface area contributed by atoms with Crippen molar-refractivity contribution in [2.24, 2.45) is 0 Å². The van der Waals surface area contributed by atoms with Gasteiger partial charge in [0, 0.05) is 21.9 Å². The van der Waals surface area contributed by atoms with Gasteiger partial charge in [-0.2, -0.15) is 15.2 Å². The van der Waals surface area contributed by atoms with E-state index in [0.717, 1.165) is 43.8 Å². The highest BCUT2D eigenvalue weighted by atomic mass is 35.5. The molecule has 0 aliphatic carbocycles. The fraction of sp³-hybridized carbons (Fsp3) is 0. The number of nitriles is 1. The number of halogens is 1. The molecule has 0 saturated carbocycles. The number of furan rings is 1. The minimum Gasteiger partial charge on any atom is -0.456 e. The molecule has 0 aliphatic rings. The molecule has 5 nitrogen and oxygen atoms in total. The van der Waals surface area contributed by atoms with Crippen LogP contribution in [0, 0.1) is 11.3 Å². The SMILES string of the molecule is N#Cc1ccc(-c2nc(Cl)nc(-c3cccc4oc5cc6ccccc6cc5c34)n2)cc1. The van der Waals surface area contributed by atoms with Gasteiger partial charge in [-0.3, -0.25) is 0 Å². The van der Waals surface area contributed by atoms with Crippen molar-refractivity contribution in [1.82, 2.24) is 15.0 Å². The molecular formula is C26H13ClN4O. The largest absolute Gasteiger partial charge is 0.456 e. The van der Waals surface area contributed by atoms with Crippen LogP contribution in [0.5, 0.6) is 0 Å². The van der Waals surface area contributed by atoms with E-state index in [1.165, 1.54) is 0 Å². The van der Waals surface area contributed by atoms with Crippen molar-refractivity contribution in [3.63, 3.8) is 0 Å². The molecule has 150 valence electrons. The molecule has 0 bridgehead atoms. The van der Waals surface area contributed by atoms with E-state index in [1.807, 2.05) is 30.3 Å². The third-order valence-electron chi connectivity index (χ3n) is 5.48. The minimum absolute atomic E-state index is 0.101. The van der Waals surface area contributed by atoms with Gasteiger partial charge in [-0.1, -0.05) is 36.4 Å². The summed E-state index contributed by atoms with van der Waals surface area (Å²) in [5, 5.41) is 13.3. The second-order valence-corrected chi connectivity index (χ2v) is 7.76. The number of rotatable bonds is 2. The van der Waals surface area contributed by atoms with E-state index < -0.39 is 0 Å². The molecule has 6 aromatic rings. The average Bonchev–Trinajstić information content (AvgIpc) is 3.19. The summed E-state index contributed by atoms with van der Waals surface area (Å²) in [5.74, 6) is 0.908. The standard InChI is InChI=1S/C26H13ClN4O/c27-26-30-24(16-10-8-15(14-28)9-11-16)29-25(31-26)19-6-3-7-21-23(19)20-12-17-4-1-2-5-18(17)13-22(20)32-21/h1-13H. The first kappa shape index (κ1) is 18.5. The lowest BCUT2D eigenvalue weighted by Crippen LogP contribution is -1.97. The molecular weight excluding hydrogens is 420 g/mol. The van der Waals surface area contributed by atoms with Gasteiger partial charge in [0.1, 0.15) is 11.2 Å². The lowest BCUT2D eigenvalue weighted by Gasteiger charge is -2.06. The van der Waals surface area contributed by atoms with E-state index in [0.29, 0.717) is 17.2 Å². The first-order valence-corrected chi connectivity index (χ1v) is 10.3. The van der Waals surface area contributed by atoms with Crippen LogP contribution in [0.25, 0.3) is 55.5 Å². The van der Waals surface area contributed by atoms with Gasteiger partial charge in [0.15, 0.2) is 11.6 Å². The lowest BCUT2D eigenvalue weighted by atomic mass is 10.0. The molecule has 0 amide bonds. The quantitative estimate of drug-likeness (QED) is 0.301. The van der Waals surface area contributed by atoms with Gasteiger partial charge in [0.25, 0.3) is 0 Å². The van der Waals surface area contributed by atoms with E-state index >= 15 is 0 Å². The predicted molar refractivity (Wildman–Crippen MR) is 125 cm³/mol. The Morgan fingerprint density at radius 3 is 2.28 bits per heavy atom. The molecule has 0 spiro atoms. The molecule has 0 atom stereocenters. The molecule has 0 saturated heterocycles. The van der Waals surface area contributed by atoms with Crippen LogP contribution in [0.1, 0.15) is 5.56 Å². The number of benzene rings is 4. The molecule has 32 heavy (non-hydrogen) atoms. The highest BCUT2D eigenvalue weighted by molar-refractivity contribution is 6.28. The Balaban J connectivity index is 1.60. The van der Waals surface area contributed by atoms with Crippen molar-refractivity contribution in [2.75, 3.05) is 0 Å². The highest BCUT2D eigenvalue weighted by Gasteiger charge is 2.17. The lowest BCUT2D eigenvalue weighted by molar-refractivity contribution is 0.669. The third-order valence-corrected chi connectivity index (χ3v) is 5.65. The van der Waals surface area contributed by atoms with Gasteiger partial charge in [0.05, 0.1) is 11.6 Å². The monoisotopic (exact) mass is 432 g/mol. The molecule has 6 rings (SSSR count). The summed E-state index contributed by atoms with van der Waals surface area (Å²) < 4.78 is 6.16. The molecule has 2 heterocycles. The van der Waals surface area contributed by atoms with Crippen molar-refractivity contribution < 1.29 is 4.42 Å². The third kappa shape index (κ3) is 2.97. The minimum atomic E-state index is 0.101.